The third-order valence-corrected chi connectivity index (χ3v) is 4.69. The Morgan fingerprint density at radius 2 is 2.16 bits per heavy atom. The summed E-state index contributed by atoms with van der Waals surface area (Å²) in [6, 6.07) is -0.122. The largest absolute Gasteiger partial charge is 0.490 e. The highest BCUT2D eigenvalue weighted by molar-refractivity contribution is 7.91. The maximum atomic E-state index is 11.4. The standard InChI is InChI=1S/C11H18N4O3S/c1-3-12-10-9(18-2)11(14-7-13-10)15-8-4-5-19(16,17)6-8/h7-8H,3-6H2,1-2H3,(H2,12,13,14,15). The Bertz CT molecular complexity index is 547. The van der Waals surface area contributed by atoms with Gasteiger partial charge in [0.15, 0.2) is 21.5 Å². The second kappa shape index (κ2) is 5.60. The van der Waals surface area contributed by atoms with Crippen LogP contribution in [0.2, 0.25) is 0 Å². The first-order valence-corrected chi connectivity index (χ1v) is 7.97. The minimum absolute atomic E-state index is 0.122. The van der Waals surface area contributed by atoms with Gasteiger partial charge in [-0.2, -0.15) is 0 Å². The van der Waals surface area contributed by atoms with Crippen LogP contribution in [0, 0.1) is 0 Å². The Balaban J connectivity index is 2.18. The molecular formula is C11H18N4O3S. The molecule has 1 saturated heterocycles. The molecule has 1 aromatic rings. The predicted octanol–water partition coefficient (Wildman–Crippen LogP) is 0.516. The minimum Gasteiger partial charge on any atom is -0.490 e. The van der Waals surface area contributed by atoms with E-state index >= 15 is 0 Å². The van der Waals surface area contributed by atoms with Crippen LogP contribution in [-0.2, 0) is 9.84 Å². The van der Waals surface area contributed by atoms with E-state index < -0.39 is 9.84 Å². The van der Waals surface area contributed by atoms with Crippen molar-refractivity contribution in [1.82, 2.24) is 9.97 Å². The second-order valence-corrected chi connectivity index (χ2v) is 6.61. The van der Waals surface area contributed by atoms with Crippen LogP contribution in [0.1, 0.15) is 13.3 Å². The van der Waals surface area contributed by atoms with Crippen LogP contribution in [-0.4, -0.2) is 49.6 Å². The maximum absolute atomic E-state index is 11.4. The van der Waals surface area contributed by atoms with E-state index in [-0.39, 0.29) is 17.5 Å². The van der Waals surface area contributed by atoms with Crippen molar-refractivity contribution in [3.05, 3.63) is 6.33 Å². The molecule has 0 amide bonds. The zero-order valence-corrected chi connectivity index (χ0v) is 11.8. The molecule has 0 saturated carbocycles. The lowest BCUT2D eigenvalue weighted by Crippen LogP contribution is -2.22. The van der Waals surface area contributed by atoms with Crippen LogP contribution in [0.25, 0.3) is 0 Å². The molecule has 8 heteroatoms. The van der Waals surface area contributed by atoms with Crippen molar-refractivity contribution in [3.8, 4) is 5.75 Å². The van der Waals surface area contributed by atoms with Crippen molar-refractivity contribution in [3.63, 3.8) is 0 Å². The van der Waals surface area contributed by atoms with Gasteiger partial charge in [0.1, 0.15) is 6.33 Å². The number of sulfone groups is 1. The fourth-order valence-corrected chi connectivity index (χ4v) is 3.74. The van der Waals surface area contributed by atoms with Crippen molar-refractivity contribution in [1.29, 1.82) is 0 Å². The molecule has 0 bridgehead atoms. The molecule has 1 atom stereocenters. The van der Waals surface area contributed by atoms with E-state index in [0.29, 0.717) is 30.4 Å². The van der Waals surface area contributed by atoms with E-state index in [4.69, 9.17) is 4.74 Å². The third-order valence-electron chi connectivity index (χ3n) is 2.93. The molecule has 1 fully saturated rings. The molecule has 0 spiro atoms. The van der Waals surface area contributed by atoms with E-state index in [2.05, 4.69) is 20.6 Å². The summed E-state index contributed by atoms with van der Waals surface area (Å²) >= 11 is 0. The van der Waals surface area contributed by atoms with Crippen LogP contribution in [0.5, 0.6) is 5.75 Å². The van der Waals surface area contributed by atoms with Crippen molar-refractivity contribution < 1.29 is 13.2 Å². The van der Waals surface area contributed by atoms with Crippen LogP contribution in [0.4, 0.5) is 11.6 Å². The summed E-state index contributed by atoms with van der Waals surface area (Å²) in [7, 11) is -1.38. The molecule has 7 nitrogen and oxygen atoms in total. The monoisotopic (exact) mass is 286 g/mol. The lowest BCUT2D eigenvalue weighted by atomic mass is 10.2. The Morgan fingerprint density at radius 1 is 1.42 bits per heavy atom. The number of methoxy groups -OCH3 is 1. The van der Waals surface area contributed by atoms with Crippen molar-refractivity contribution in [2.45, 2.75) is 19.4 Å². The fourth-order valence-electron chi connectivity index (χ4n) is 2.07. The number of anilines is 2. The first kappa shape index (κ1) is 13.9. The number of nitrogens with one attached hydrogen (secondary N) is 2. The first-order valence-electron chi connectivity index (χ1n) is 6.15. The highest BCUT2D eigenvalue weighted by Gasteiger charge is 2.29. The van der Waals surface area contributed by atoms with Gasteiger partial charge in [-0.3, -0.25) is 0 Å². The number of hydrogen-bond acceptors (Lipinski definition) is 7. The normalized spacial score (nSPS) is 21.1. The van der Waals surface area contributed by atoms with Gasteiger partial charge in [-0.25, -0.2) is 18.4 Å². The van der Waals surface area contributed by atoms with E-state index in [1.54, 1.807) is 0 Å². The molecule has 1 aliphatic rings. The first-order chi connectivity index (χ1) is 9.05. The van der Waals surface area contributed by atoms with Gasteiger partial charge in [-0.05, 0) is 13.3 Å². The molecule has 0 radical (unpaired) electrons. The third kappa shape index (κ3) is 3.25. The number of hydrogen-bond donors (Lipinski definition) is 2. The van der Waals surface area contributed by atoms with Crippen molar-refractivity contribution >= 4 is 21.5 Å². The summed E-state index contributed by atoms with van der Waals surface area (Å²) in [5.74, 6) is 1.99. The van der Waals surface area contributed by atoms with E-state index in [1.165, 1.54) is 13.4 Å². The van der Waals surface area contributed by atoms with Gasteiger partial charge in [0.05, 0.1) is 18.6 Å². The van der Waals surface area contributed by atoms with Crippen LogP contribution in [0.15, 0.2) is 6.33 Å². The summed E-state index contributed by atoms with van der Waals surface area (Å²) in [6.07, 6.45) is 2.01. The van der Waals surface area contributed by atoms with Crippen LogP contribution in [0.3, 0.4) is 0 Å². The fraction of sp³-hybridized carbons (Fsp3) is 0.636. The number of aromatic nitrogens is 2. The van der Waals surface area contributed by atoms with Gasteiger partial charge < -0.3 is 15.4 Å². The average molecular weight is 286 g/mol. The number of rotatable bonds is 5. The predicted molar refractivity (Wildman–Crippen MR) is 73.4 cm³/mol. The molecule has 2 heterocycles. The zero-order chi connectivity index (χ0) is 13.9. The topological polar surface area (TPSA) is 93.2 Å². The average Bonchev–Trinajstić information content (AvgIpc) is 2.69. The molecule has 0 aromatic carbocycles. The van der Waals surface area contributed by atoms with Gasteiger partial charge in [-0.1, -0.05) is 0 Å². The van der Waals surface area contributed by atoms with Gasteiger partial charge in [0.2, 0.25) is 5.75 Å². The zero-order valence-electron chi connectivity index (χ0n) is 11.0. The highest BCUT2D eigenvalue weighted by Crippen LogP contribution is 2.30. The van der Waals surface area contributed by atoms with Crippen molar-refractivity contribution in [2.75, 3.05) is 35.8 Å². The lowest BCUT2D eigenvalue weighted by Gasteiger charge is -2.16. The number of ether oxygens (including phenoxy) is 1. The number of nitrogens with zero attached hydrogens (tertiary/aromatic N) is 2. The van der Waals surface area contributed by atoms with E-state index in [0.717, 1.165) is 0 Å². The van der Waals surface area contributed by atoms with Gasteiger partial charge in [-0.15, -0.1) is 0 Å². The van der Waals surface area contributed by atoms with Gasteiger partial charge >= 0.3 is 0 Å². The second-order valence-electron chi connectivity index (χ2n) is 4.38. The molecule has 2 N–H and O–H groups in total. The summed E-state index contributed by atoms with van der Waals surface area (Å²) in [6.45, 7) is 2.67. The summed E-state index contributed by atoms with van der Waals surface area (Å²) in [5, 5.41) is 6.19. The molecule has 1 aliphatic heterocycles. The van der Waals surface area contributed by atoms with E-state index in [1.807, 2.05) is 6.92 Å². The summed E-state index contributed by atoms with van der Waals surface area (Å²) in [4.78, 5) is 8.22. The summed E-state index contributed by atoms with van der Waals surface area (Å²) in [5.41, 5.74) is 0. The highest BCUT2D eigenvalue weighted by atomic mass is 32.2. The Morgan fingerprint density at radius 3 is 2.74 bits per heavy atom. The van der Waals surface area contributed by atoms with Crippen LogP contribution < -0.4 is 15.4 Å². The Kier molecular flexibility index (Phi) is 4.08. The molecule has 1 aromatic heterocycles. The quantitative estimate of drug-likeness (QED) is 0.814. The van der Waals surface area contributed by atoms with Gasteiger partial charge in [0.25, 0.3) is 0 Å². The molecule has 1 unspecified atom stereocenters. The Labute approximate surface area is 112 Å². The smallest absolute Gasteiger partial charge is 0.204 e. The molecule has 19 heavy (non-hydrogen) atoms. The van der Waals surface area contributed by atoms with E-state index in [9.17, 15) is 8.42 Å². The van der Waals surface area contributed by atoms with Crippen molar-refractivity contribution in [2.24, 2.45) is 0 Å². The molecular weight excluding hydrogens is 268 g/mol. The maximum Gasteiger partial charge on any atom is 0.204 e. The Hall–Kier alpha value is -1.57. The lowest BCUT2D eigenvalue weighted by molar-refractivity contribution is 0.414. The molecule has 106 valence electrons. The van der Waals surface area contributed by atoms with Crippen LogP contribution >= 0.6 is 0 Å². The summed E-state index contributed by atoms with van der Waals surface area (Å²) < 4.78 is 28.2. The minimum atomic E-state index is -2.92. The van der Waals surface area contributed by atoms with Gasteiger partial charge in [0, 0.05) is 12.6 Å². The molecule has 0 aliphatic carbocycles. The molecule has 2 rings (SSSR count). The SMILES string of the molecule is CCNc1ncnc(NC2CCS(=O)(=O)C2)c1OC.